The fourth-order valence-electron chi connectivity index (χ4n) is 1.43. The highest BCUT2D eigenvalue weighted by atomic mass is 16.3. The van der Waals surface area contributed by atoms with Gasteiger partial charge in [0.1, 0.15) is 0 Å². The van der Waals surface area contributed by atoms with E-state index in [1.807, 2.05) is 6.92 Å². The number of hydrogen-bond donors (Lipinski definition) is 2. The van der Waals surface area contributed by atoms with Gasteiger partial charge in [-0.1, -0.05) is 6.92 Å². The number of aliphatic hydroxyl groups is 1. The van der Waals surface area contributed by atoms with Gasteiger partial charge in [0.25, 0.3) is 0 Å². The first-order chi connectivity index (χ1) is 6.33. The van der Waals surface area contributed by atoms with Gasteiger partial charge in [0.15, 0.2) is 0 Å². The second-order valence-electron chi connectivity index (χ2n) is 3.56. The van der Waals surface area contributed by atoms with Crippen molar-refractivity contribution in [3.8, 4) is 0 Å². The molecular formula is C10H20N2O. The zero-order valence-electron chi connectivity index (χ0n) is 8.42. The monoisotopic (exact) mass is 184 g/mol. The van der Waals surface area contributed by atoms with Gasteiger partial charge in [-0.3, -0.25) is 4.99 Å². The first-order valence-corrected chi connectivity index (χ1v) is 5.28. The van der Waals surface area contributed by atoms with E-state index in [2.05, 4.69) is 10.3 Å². The Morgan fingerprint density at radius 3 is 3.00 bits per heavy atom. The summed E-state index contributed by atoms with van der Waals surface area (Å²) in [4.78, 5) is 4.38. The highest BCUT2D eigenvalue weighted by molar-refractivity contribution is 5.82. The van der Waals surface area contributed by atoms with Crippen LogP contribution in [0.2, 0.25) is 0 Å². The largest absolute Gasteiger partial charge is 0.393 e. The quantitative estimate of drug-likeness (QED) is 0.692. The van der Waals surface area contributed by atoms with E-state index in [-0.39, 0.29) is 6.10 Å². The first-order valence-electron chi connectivity index (χ1n) is 5.28. The van der Waals surface area contributed by atoms with Crippen LogP contribution in [0.4, 0.5) is 0 Å². The van der Waals surface area contributed by atoms with Crippen LogP contribution in [0.5, 0.6) is 0 Å². The van der Waals surface area contributed by atoms with Crippen LogP contribution in [0.25, 0.3) is 0 Å². The minimum Gasteiger partial charge on any atom is -0.393 e. The molecule has 0 amide bonds. The van der Waals surface area contributed by atoms with Gasteiger partial charge in [0.05, 0.1) is 11.9 Å². The lowest BCUT2D eigenvalue weighted by Crippen LogP contribution is -2.28. The molecule has 3 nitrogen and oxygen atoms in total. The van der Waals surface area contributed by atoms with Crippen LogP contribution >= 0.6 is 0 Å². The van der Waals surface area contributed by atoms with Crippen LogP contribution in [0.15, 0.2) is 4.99 Å². The fraction of sp³-hybridized carbons (Fsp3) is 0.900. The predicted octanol–water partition coefficient (Wildman–Crippen LogP) is 1.32. The number of rotatable bonds is 4. The van der Waals surface area contributed by atoms with Crippen molar-refractivity contribution in [1.29, 1.82) is 0 Å². The molecule has 0 radical (unpaired) electrons. The molecule has 13 heavy (non-hydrogen) atoms. The van der Waals surface area contributed by atoms with E-state index in [0.717, 1.165) is 38.2 Å². The highest BCUT2D eigenvalue weighted by Gasteiger charge is 2.05. The Balaban J connectivity index is 2.08. The molecule has 1 aliphatic heterocycles. The molecule has 76 valence electrons. The maximum atomic E-state index is 9.31. The van der Waals surface area contributed by atoms with E-state index in [1.165, 1.54) is 12.8 Å². The summed E-state index contributed by atoms with van der Waals surface area (Å²) in [6, 6.07) is 0. The average molecular weight is 184 g/mol. The van der Waals surface area contributed by atoms with E-state index in [0.29, 0.717) is 0 Å². The second kappa shape index (κ2) is 5.97. The van der Waals surface area contributed by atoms with Crippen LogP contribution in [0.1, 0.15) is 39.0 Å². The Hall–Kier alpha value is -0.570. The maximum absolute atomic E-state index is 9.31. The summed E-state index contributed by atoms with van der Waals surface area (Å²) in [6.45, 7) is 3.83. The highest BCUT2D eigenvalue weighted by Crippen LogP contribution is 2.04. The van der Waals surface area contributed by atoms with Gasteiger partial charge < -0.3 is 10.4 Å². The van der Waals surface area contributed by atoms with Gasteiger partial charge in [0.2, 0.25) is 0 Å². The SMILES string of the molecule is CCC(O)CCNC1=NCCCC1. The number of hydrogen-bond acceptors (Lipinski definition) is 3. The van der Waals surface area contributed by atoms with Gasteiger partial charge >= 0.3 is 0 Å². The Labute approximate surface area is 80.3 Å². The molecule has 0 fully saturated rings. The Bertz CT molecular complexity index is 168. The van der Waals surface area contributed by atoms with Crippen LogP contribution in [0, 0.1) is 0 Å². The number of aliphatic imine (C=N–C) groups is 1. The molecule has 0 bridgehead atoms. The molecule has 2 N–H and O–H groups in total. The molecule has 1 aliphatic rings. The van der Waals surface area contributed by atoms with E-state index in [4.69, 9.17) is 0 Å². The van der Waals surface area contributed by atoms with Gasteiger partial charge in [-0.2, -0.15) is 0 Å². The van der Waals surface area contributed by atoms with E-state index < -0.39 is 0 Å². The van der Waals surface area contributed by atoms with Crippen LogP contribution in [-0.4, -0.2) is 30.1 Å². The van der Waals surface area contributed by atoms with Crippen molar-refractivity contribution < 1.29 is 5.11 Å². The smallest absolute Gasteiger partial charge is 0.0963 e. The molecule has 3 heteroatoms. The third-order valence-electron chi connectivity index (χ3n) is 2.40. The fourth-order valence-corrected chi connectivity index (χ4v) is 1.43. The summed E-state index contributed by atoms with van der Waals surface area (Å²) in [5, 5.41) is 12.6. The van der Waals surface area contributed by atoms with Crippen LogP contribution < -0.4 is 5.32 Å². The number of amidine groups is 1. The molecule has 0 aromatic heterocycles. The Morgan fingerprint density at radius 2 is 2.38 bits per heavy atom. The topological polar surface area (TPSA) is 44.6 Å². The summed E-state index contributed by atoms with van der Waals surface area (Å²) < 4.78 is 0. The van der Waals surface area contributed by atoms with Crippen molar-refractivity contribution in [2.75, 3.05) is 13.1 Å². The Kier molecular flexibility index (Phi) is 4.83. The third-order valence-corrected chi connectivity index (χ3v) is 2.40. The van der Waals surface area contributed by atoms with E-state index >= 15 is 0 Å². The van der Waals surface area contributed by atoms with E-state index in [9.17, 15) is 5.11 Å². The zero-order chi connectivity index (χ0) is 9.52. The van der Waals surface area contributed by atoms with Crippen molar-refractivity contribution in [3.63, 3.8) is 0 Å². The number of nitrogens with zero attached hydrogens (tertiary/aromatic N) is 1. The van der Waals surface area contributed by atoms with Gasteiger partial charge in [-0.05, 0) is 25.7 Å². The zero-order valence-corrected chi connectivity index (χ0v) is 8.42. The summed E-state index contributed by atoms with van der Waals surface area (Å²) in [7, 11) is 0. The van der Waals surface area contributed by atoms with Crippen molar-refractivity contribution in [2.45, 2.75) is 45.1 Å². The van der Waals surface area contributed by atoms with E-state index in [1.54, 1.807) is 0 Å². The molecule has 1 heterocycles. The summed E-state index contributed by atoms with van der Waals surface area (Å²) in [5.41, 5.74) is 0. The van der Waals surface area contributed by atoms with Crippen molar-refractivity contribution in [3.05, 3.63) is 0 Å². The summed E-state index contributed by atoms with van der Waals surface area (Å²) in [5.74, 6) is 1.13. The van der Waals surface area contributed by atoms with Crippen molar-refractivity contribution in [2.24, 2.45) is 4.99 Å². The molecule has 0 aromatic carbocycles. The second-order valence-corrected chi connectivity index (χ2v) is 3.56. The molecule has 1 unspecified atom stereocenters. The lowest BCUT2D eigenvalue weighted by Gasteiger charge is -2.14. The van der Waals surface area contributed by atoms with Crippen molar-refractivity contribution >= 4 is 5.84 Å². The molecular weight excluding hydrogens is 164 g/mol. The first kappa shape index (κ1) is 10.5. The molecule has 1 rings (SSSR count). The molecule has 0 saturated heterocycles. The van der Waals surface area contributed by atoms with Crippen LogP contribution in [-0.2, 0) is 0 Å². The lowest BCUT2D eigenvalue weighted by atomic mass is 10.1. The number of aliphatic hydroxyl groups excluding tert-OH is 1. The molecule has 0 aliphatic carbocycles. The van der Waals surface area contributed by atoms with Crippen LogP contribution in [0.3, 0.4) is 0 Å². The summed E-state index contributed by atoms with van der Waals surface area (Å²) >= 11 is 0. The molecule has 1 atom stereocenters. The molecule has 0 aromatic rings. The normalized spacial score (nSPS) is 19.4. The molecule has 0 saturated carbocycles. The maximum Gasteiger partial charge on any atom is 0.0963 e. The molecule has 0 spiro atoms. The van der Waals surface area contributed by atoms with Crippen molar-refractivity contribution in [1.82, 2.24) is 5.32 Å². The summed E-state index contributed by atoms with van der Waals surface area (Å²) in [6.07, 6.45) is 5.08. The predicted molar refractivity (Wildman–Crippen MR) is 55.1 cm³/mol. The standard InChI is InChI=1S/C10H20N2O/c1-2-9(13)6-8-12-10-5-3-4-7-11-10/h9,13H,2-8H2,1H3,(H,11,12). The average Bonchev–Trinajstić information content (AvgIpc) is 2.19. The minimum absolute atomic E-state index is 0.156. The van der Waals surface area contributed by atoms with Gasteiger partial charge in [-0.25, -0.2) is 0 Å². The number of nitrogens with one attached hydrogen (secondary N) is 1. The van der Waals surface area contributed by atoms with Gasteiger partial charge in [0, 0.05) is 19.5 Å². The lowest BCUT2D eigenvalue weighted by molar-refractivity contribution is 0.161. The third kappa shape index (κ3) is 4.27. The Morgan fingerprint density at radius 1 is 1.54 bits per heavy atom. The van der Waals surface area contributed by atoms with Gasteiger partial charge in [-0.15, -0.1) is 0 Å². The minimum atomic E-state index is -0.156.